The van der Waals surface area contributed by atoms with Gasteiger partial charge in [0, 0.05) is 12.6 Å². The van der Waals surface area contributed by atoms with Crippen LogP contribution in [0.25, 0.3) is 0 Å². The average Bonchev–Trinajstić information content (AvgIpc) is 2.88. The van der Waals surface area contributed by atoms with E-state index in [1.54, 1.807) is 0 Å². The molecule has 1 aliphatic carbocycles. The van der Waals surface area contributed by atoms with Crippen molar-refractivity contribution < 1.29 is 0 Å². The summed E-state index contributed by atoms with van der Waals surface area (Å²) >= 11 is 0. The number of rotatable bonds is 5. The first kappa shape index (κ1) is 15.3. The summed E-state index contributed by atoms with van der Waals surface area (Å²) in [5, 5.41) is 0. The van der Waals surface area contributed by atoms with Gasteiger partial charge in [0.05, 0.1) is 0 Å². The van der Waals surface area contributed by atoms with Crippen molar-refractivity contribution >= 4 is 0 Å². The first-order valence-corrected chi connectivity index (χ1v) is 8.59. The molecule has 0 spiro atoms. The molecule has 0 bridgehead atoms. The molecule has 2 N–H and O–H groups in total. The maximum absolute atomic E-state index is 6.05. The Labute approximate surface area is 120 Å². The van der Waals surface area contributed by atoms with Gasteiger partial charge in [-0.05, 0) is 56.0 Å². The second kappa shape index (κ2) is 7.08. The lowest BCUT2D eigenvalue weighted by atomic mass is 9.76. The second-order valence-corrected chi connectivity index (χ2v) is 7.32. The normalized spacial score (nSPS) is 37.1. The highest BCUT2D eigenvalue weighted by Crippen LogP contribution is 2.37. The Morgan fingerprint density at radius 1 is 1.21 bits per heavy atom. The Morgan fingerprint density at radius 3 is 2.58 bits per heavy atom. The molecule has 0 aromatic rings. The van der Waals surface area contributed by atoms with E-state index in [1.807, 2.05) is 0 Å². The minimum absolute atomic E-state index is 0.763. The van der Waals surface area contributed by atoms with E-state index in [9.17, 15) is 0 Å². The van der Waals surface area contributed by atoms with Crippen molar-refractivity contribution in [2.24, 2.45) is 29.4 Å². The molecule has 1 aliphatic heterocycles. The molecule has 2 fully saturated rings. The minimum Gasteiger partial charge on any atom is -0.330 e. The smallest absolute Gasteiger partial charge is 0.0138 e. The predicted molar refractivity (Wildman–Crippen MR) is 83.1 cm³/mol. The summed E-state index contributed by atoms with van der Waals surface area (Å²) in [5.41, 5.74) is 6.05. The highest BCUT2D eigenvalue weighted by atomic mass is 15.2. The third-order valence-corrected chi connectivity index (χ3v) is 5.73. The third-order valence-electron chi connectivity index (χ3n) is 5.73. The van der Waals surface area contributed by atoms with Crippen LogP contribution in [0.5, 0.6) is 0 Å². The first-order chi connectivity index (χ1) is 9.15. The molecule has 0 aromatic heterocycles. The van der Waals surface area contributed by atoms with Crippen LogP contribution in [0.15, 0.2) is 0 Å². The van der Waals surface area contributed by atoms with E-state index in [1.165, 1.54) is 51.6 Å². The fourth-order valence-corrected chi connectivity index (χ4v) is 4.35. The Balaban J connectivity index is 1.94. The topological polar surface area (TPSA) is 29.3 Å². The molecule has 2 aliphatic rings. The number of nitrogens with zero attached hydrogens (tertiary/aromatic N) is 1. The molecule has 2 nitrogen and oxygen atoms in total. The number of hydrogen-bond acceptors (Lipinski definition) is 2. The maximum Gasteiger partial charge on any atom is 0.0138 e. The van der Waals surface area contributed by atoms with Gasteiger partial charge in [-0.2, -0.15) is 0 Å². The molecule has 1 saturated carbocycles. The van der Waals surface area contributed by atoms with Gasteiger partial charge in [0.15, 0.2) is 0 Å². The van der Waals surface area contributed by atoms with Gasteiger partial charge in [0.25, 0.3) is 0 Å². The van der Waals surface area contributed by atoms with Crippen LogP contribution in [0.2, 0.25) is 0 Å². The molecule has 4 atom stereocenters. The summed E-state index contributed by atoms with van der Waals surface area (Å²) in [4.78, 5) is 2.80. The number of hydrogen-bond donors (Lipinski definition) is 1. The van der Waals surface area contributed by atoms with Gasteiger partial charge in [-0.15, -0.1) is 0 Å². The molecule has 2 heteroatoms. The third kappa shape index (κ3) is 3.72. The van der Waals surface area contributed by atoms with Crippen molar-refractivity contribution in [1.29, 1.82) is 0 Å². The SMILES string of the molecule is CCCC1CCC(CN)C(N2CCC(C(C)C)C2)C1. The van der Waals surface area contributed by atoms with E-state index < -0.39 is 0 Å². The van der Waals surface area contributed by atoms with Gasteiger partial charge < -0.3 is 5.73 Å². The maximum atomic E-state index is 6.05. The van der Waals surface area contributed by atoms with Crippen molar-refractivity contribution in [3.8, 4) is 0 Å². The molecular formula is C17H34N2. The lowest BCUT2D eigenvalue weighted by molar-refractivity contribution is 0.0935. The van der Waals surface area contributed by atoms with Crippen LogP contribution in [0.1, 0.15) is 59.3 Å². The molecule has 0 radical (unpaired) electrons. The van der Waals surface area contributed by atoms with Gasteiger partial charge in [0.2, 0.25) is 0 Å². The van der Waals surface area contributed by atoms with E-state index in [4.69, 9.17) is 5.73 Å². The highest BCUT2D eigenvalue weighted by molar-refractivity contribution is 4.91. The second-order valence-electron chi connectivity index (χ2n) is 7.32. The molecular weight excluding hydrogens is 232 g/mol. The fourth-order valence-electron chi connectivity index (χ4n) is 4.35. The molecule has 0 amide bonds. The Kier molecular flexibility index (Phi) is 5.70. The number of nitrogens with two attached hydrogens (primary N) is 1. The fraction of sp³-hybridized carbons (Fsp3) is 1.00. The lowest BCUT2D eigenvalue weighted by Gasteiger charge is -2.41. The van der Waals surface area contributed by atoms with Gasteiger partial charge in [-0.1, -0.05) is 40.0 Å². The monoisotopic (exact) mass is 266 g/mol. The average molecular weight is 266 g/mol. The zero-order chi connectivity index (χ0) is 13.8. The van der Waals surface area contributed by atoms with Crippen LogP contribution in [-0.2, 0) is 0 Å². The van der Waals surface area contributed by atoms with Crippen molar-refractivity contribution in [2.75, 3.05) is 19.6 Å². The summed E-state index contributed by atoms with van der Waals surface area (Å²) in [6.07, 6.45) is 8.39. The predicted octanol–water partition coefficient (Wildman–Crippen LogP) is 3.51. The summed E-state index contributed by atoms with van der Waals surface area (Å²) < 4.78 is 0. The molecule has 1 heterocycles. The van der Waals surface area contributed by atoms with Gasteiger partial charge in [-0.3, -0.25) is 4.90 Å². The zero-order valence-corrected chi connectivity index (χ0v) is 13.3. The highest BCUT2D eigenvalue weighted by Gasteiger charge is 2.37. The zero-order valence-electron chi connectivity index (χ0n) is 13.3. The Hall–Kier alpha value is -0.0800. The summed E-state index contributed by atoms with van der Waals surface area (Å²) in [7, 11) is 0. The van der Waals surface area contributed by atoms with Crippen LogP contribution in [-0.4, -0.2) is 30.6 Å². The first-order valence-electron chi connectivity index (χ1n) is 8.59. The van der Waals surface area contributed by atoms with E-state index in [-0.39, 0.29) is 0 Å². The Bertz CT molecular complexity index is 264. The van der Waals surface area contributed by atoms with Gasteiger partial charge in [-0.25, -0.2) is 0 Å². The Morgan fingerprint density at radius 2 is 2.00 bits per heavy atom. The van der Waals surface area contributed by atoms with Crippen molar-refractivity contribution in [2.45, 2.75) is 65.3 Å². The van der Waals surface area contributed by atoms with E-state index in [0.29, 0.717) is 0 Å². The van der Waals surface area contributed by atoms with E-state index in [0.717, 1.165) is 36.3 Å². The lowest BCUT2D eigenvalue weighted by Crippen LogP contribution is -2.46. The van der Waals surface area contributed by atoms with Gasteiger partial charge >= 0.3 is 0 Å². The molecule has 2 rings (SSSR count). The van der Waals surface area contributed by atoms with Crippen LogP contribution in [0, 0.1) is 23.7 Å². The quantitative estimate of drug-likeness (QED) is 0.825. The van der Waals surface area contributed by atoms with Crippen molar-refractivity contribution in [1.82, 2.24) is 4.90 Å². The molecule has 0 aromatic carbocycles. The van der Waals surface area contributed by atoms with Crippen molar-refractivity contribution in [3.63, 3.8) is 0 Å². The summed E-state index contributed by atoms with van der Waals surface area (Å²) in [6, 6.07) is 0.791. The standard InChI is InChI=1S/C17H34N2/c1-4-5-14-6-7-15(11-18)17(10-14)19-9-8-16(12-19)13(2)3/h13-17H,4-12,18H2,1-3H3. The van der Waals surface area contributed by atoms with E-state index >= 15 is 0 Å². The van der Waals surface area contributed by atoms with Crippen LogP contribution >= 0.6 is 0 Å². The summed E-state index contributed by atoms with van der Waals surface area (Å²) in [6.45, 7) is 10.6. The largest absolute Gasteiger partial charge is 0.330 e. The van der Waals surface area contributed by atoms with Crippen molar-refractivity contribution in [3.05, 3.63) is 0 Å². The molecule has 4 unspecified atom stereocenters. The molecule has 1 saturated heterocycles. The number of likely N-dealkylation sites (tertiary alicyclic amines) is 1. The van der Waals surface area contributed by atoms with E-state index in [2.05, 4.69) is 25.7 Å². The van der Waals surface area contributed by atoms with Crippen LogP contribution in [0.3, 0.4) is 0 Å². The van der Waals surface area contributed by atoms with Crippen LogP contribution < -0.4 is 5.73 Å². The van der Waals surface area contributed by atoms with Crippen LogP contribution in [0.4, 0.5) is 0 Å². The molecule has 112 valence electrons. The molecule has 19 heavy (non-hydrogen) atoms. The van der Waals surface area contributed by atoms with Gasteiger partial charge in [0.1, 0.15) is 0 Å². The summed E-state index contributed by atoms with van der Waals surface area (Å²) in [5.74, 6) is 3.50. The minimum atomic E-state index is 0.763.